The summed E-state index contributed by atoms with van der Waals surface area (Å²) >= 11 is 0. The largest absolute Gasteiger partial charge is 0.489 e. The van der Waals surface area contributed by atoms with Crippen LogP contribution in [0.4, 0.5) is 8.78 Å². The van der Waals surface area contributed by atoms with Crippen molar-refractivity contribution in [3.8, 4) is 5.75 Å². The number of benzene rings is 1. The molecule has 4 nitrogen and oxygen atoms in total. The van der Waals surface area contributed by atoms with E-state index in [4.69, 9.17) is 9.88 Å². The Morgan fingerprint density at radius 2 is 2.06 bits per heavy atom. The normalized spacial score (nSPS) is 11.3. The van der Waals surface area contributed by atoms with Gasteiger partial charge < -0.3 is 4.74 Å². The number of halogens is 2. The molecule has 0 heterocycles. The van der Waals surface area contributed by atoms with Crippen LogP contribution in [0.25, 0.3) is 0 Å². The van der Waals surface area contributed by atoms with E-state index in [0.29, 0.717) is 25.0 Å². The molecule has 0 radical (unpaired) electrons. The summed E-state index contributed by atoms with van der Waals surface area (Å²) in [6.07, 6.45) is 2.81. The number of primary sulfonamides is 1. The molecule has 0 aliphatic heterocycles. The molecule has 1 rings (SSSR count). The summed E-state index contributed by atoms with van der Waals surface area (Å²) in [4.78, 5) is -0.696. The fourth-order valence-corrected chi connectivity index (χ4v) is 1.98. The van der Waals surface area contributed by atoms with E-state index in [2.05, 4.69) is 6.58 Å². The molecule has 0 aliphatic carbocycles. The molecular weight excluding hydrogens is 264 g/mol. The van der Waals surface area contributed by atoms with E-state index in [-0.39, 0.29) is 6.61 Å². The van der Waals surface area contributed by atoms with Gasteiger partial charge in [0.1, 0.15) is 10.7 Å². The van der Waals surface area contributed by atoms with Crippen LogP contribution >= 0.6 is 0 Å². The molecule has 0 saturated carbocycles. The number of allylic oxidation sites excluding steroid dienone is 1. The highest BCUT2D eigenvalue weighted by molar-refractivity contribution is 7.89. The van der Waals surface area contributed by atoms with Crippen molar-refractivity contribution < 1.29 is 21.9 Å². The highest BCUT2D eigenvalue weighted by atomic mass is 32.2. The lowest BCUT2D eigenvalue weighted by atomic mass is 10.3. The molecule has 0 atom stereocenters. The van der Waals surface area contributed by atoms with Gasteiger partial charge in [0.05, 0.1) is 6.61 Å². The lowest BCUT2D eigenvalue weighted by Gasteiger charge is -2.10. The van der Waals surface area contributed by atoms with Crippen molar-refractivity contribution in [3.63, 3.8) is 0 Å². The lowest BCUT2D eigenvalue weighted by Crippen LogP contribution is -2.15. The minimum atomic E-state index is -4.25. The van der Waals surface area contributed by atoms with Gasteiger partial charge in [0, 0.05) is 6.07 Å². The van der Waals surface area contributed by atoms with Gasteiger partial charge >= 0.3 is 0 Å². The predicted molar refractivity (Wildman–Crippen MR) is 62.7 cm³/mol. The van der Waals surface area contributed by atoms with Crippen LogP contribution in [-0.2, 0) is 10.0 Å². The fourth-order valence-electron chi connectivity index (χ4n) is 1.29. The van der Waals surface area contributed by atoms with Crippen LogP contribution in [0.1, 0.15) is 12.8 Å². The topological polar surface area (TPSA) is 69.4 Å². The van der Waals surface area contributed by atoms with Crippen molar-refractivity contribution in [3.05, 3.63) is 36.4 Å². The second kappa shape index (κ2) is 5.92. The number of unbranched alkanes of at least 4 members (excludes halogenated alkanes) is 1. The number of ether oxygens (including phenoxy) is 1. The van der Waals surface area contributed by atoms with Gasteiger partial charge in [0.2, 0.25) is 10.0 Å². The zero-order chi connectivity index (χ0) is 13.8. The van der Waals surface area contributed by atoms with E-state index < -0.39 is 32.3 Å². The number of hydrogen-bond donors (Lipinski definition) is 1. The summed E-state index contributed by atoms with van der Waals surface area (Å²) in [6, 6.07) is 1.17. The summed E-state index contributed by atoms with van der Waals surface area (Å²) < 4.78 is 53.8. The number of hydrogen-bond acceptors (Lipinski definition) is 3. The SMILES string of the molecule is C=CCCCOc1c(F)cc(F)cc1S(N)(=O)=O. The first-order chi connectivity index (χ1) is 8.36. The van der Waals surface area contributed by atoms with Gasteiger partial charge in [-0.05, 0) is 18.9 Å². The van der Waals surface area contributed by atoms with E-state index in [0.717, 1.165) is 0 Å². The van der Waals surface area contributed by atoms with E-state index in [1.165, 1.54) is 0 Å². The van der Waals surface area contributed by atoms with Crippen molar-refractivity contribution in [2.75, 3.05) is 6.61 Å². The van der Waals surface area contributed by atoms with Crippen LogP contribution < -0.4 is 9.88 Å². The average molecular weight is 277 g/mol. The molecule has 0 bridgehead atoms. The van der Waals surface area contributed by atoms with E-state index in [1.54, 1.807) is 6.08 Å². The minimum absolute atomic E-state index is 0.0804. The van der Waals surface area contributed by atoms with Gasteiger partial charge in [0.25, 0.3) is 0 Å². The molecule has 1 aromatic rings. The molecule has 0 unspecified atom stereocenters. The van der Waals surface area contributed by atoms with Crippen molar-refractivity contribution in [1.82, 2.24) is 0 Å². The van der Waals surface area contributed by atoms with Gasteiger partial charge in [0.15, 0.2) is 11.6 Å². The predicted octanol–water partition coefficient (Wildman–Crippen LogP) is 1.96. The monoisotopic (exact) mass is 277 g/mol. The first kappa shape index (κ1) is 14.6. The van der Waals surface area contributed by atoms with E-state index in [9.17, 15) is 17.2 Å². The van der Waals surface area contributed by atoms with Crippen LogP contribution in [0.3, 0.4) is 0 Å². The summed E-state index contributed by atoms with van der Waals surface area (Å²) in [5.74, 6) is -2.68. The third-order valence-corrected chi connectivity index (χ3v) is 3.00. The van der Waals surface area contributed by atoms with Crippen LogP contribution in [0.15, 0.2) is 29.7 Å². The summed E-state index contributed by atoms with van der Waals surface area (Å²) in [5, 5.41) is 4.87. The van der Waals surface area contributed by atoms with Gasteiger partial charge in [-0.1, -0.05) is 6.08 Å². The highest BCUT2D eigenvalue weighted by Crippen LogP contribution is 2.27. The van der Waals surface area contributed by atoms with Crippen LogP contribution in [0.2, 0.25) is 0 Å². The molecule has 0 amide bonds. The molecule has 0 spiro atoms. The Bertz CT molecular complexity index is 543. The quantitative estimate of drug-likeness (QED) is 0.638. The molecule has 1 aromatic carbocycles. The van der Waals surface area contributed by atoms with E-state index in [1.807, 2.05) is 0 Å². The van der Waals surface area contributed by atoms with E-state index >= 15 is 0 Å². The van der Waals surface area contributed by atoms with Gasteiger partial charge in [-0.15, -0.1) is 6.58 Å². The second-order valence-corrected chi connectivity index (χ2v) is 5.07. The molecule has 0 aliphatic rings. The van der Waals surface area contributed by atoms with Gasteiger partial charge in [-0.3, -0.25) is 0 Å². The highest BCUT2D eigenvalue weighted by Gasteiger charge is 2.21. The fraction of sp³-hybridized carbons (Fsp3) is 0.273. The van der Waals surface area contributed by atoms with Crippen molar-refractivity contribution in [2.24, 2.45) is 5.14 Å². The Balaban J connectivity index is 3.05. The maximum absolute atomic E-state index is 13.4. The number of sulfonamides is 1. The first-order valence-electron chi connectivity index (χ1n) is 5.12. The number of nitrogens with two attached hydrogens (primary N) is 1. The molecule has 18 heavy (non-hydrogen) atoms. The summed E-state index contributed by atoms with van der Waals surface area (Å²) in [7, 11) is -4.25. The third-order valence-electron chi connectivity index (χ3n) is 2.08. The van der Waals surface area contributed by atoms with Gasteiger partial charge in [-0.2, -0.15) is 0 Å². The Morgan fingerprint density at radius 1 is 1.39 bits per heavy atom. The minimum Gasteiger partial charge on any atom is -0.489 e. The van der Waals surface area contributed by atoms with Crippen LogP contribution in [0, 0.1) is 11.6 Å². The van der Waals surface area contributed by atoms with Crippen molar-refractivity contribution in [1.29, 1.82) is 0 Å². The maximum atomic E-state index is 13.4. The number of rotatable bonds is 6. The zero-order valence-electron chi connectivity index (χ0n) is 9.53. The van der Waals surface area contributed by atoms with Crippen molar-refractivity contribution in [2.45, 2.75) is 17.7 Å². The third kappa shape index (κ3) is 3.78. The zero-order valence-corrected chi connectivity index (χ0v) is 10.3. The van der Waals surface area contributed by atoms with Crippen molar-refractivity contribution >= 4 is 10.0 Å². The Kier molecular flexibility index (Phi) is 4.80. The van der Waals surface area contributed by atoms with Crippen LogP contribution in [-0.4, -0.2) is 15.0 Å². The average Bonchev–Trinajstić information content (AvgIpc) is 2.24. The lowest BCUT2D eigenvalue weighted by molar-refractivity contribution is 0.287. The second-order valence-electron chi connectivity index (χ2n) is 3.54. The summed E-state index contributed by atoms with van der Waals surface area (Å²) in [5.41, 5.74) is 0. The molecule has 2 N–H and O–H groups in total. The Morgan fingerprint density at radius 3 is 2.61 bits per heavy atom. The molecule has 0 fully saturated rings. The molecular formula is C11H13F2NO3S. The maximum Gasteiger partial charge on any atom is 0.241 e. The molecule has 7 heteroatoms. The standard InChI is InChI=1S/C11H13F2NO3S/c1-2-3-4-5-17-11-9(13)6-8(12)7-10(11)18(14,15)16/h2,6-7H,1,3-5H2,(H2,14,15,16). The molecule has 100 valence electrons. The van der Waals surface area contributed by atoms with Gasteiger partial charge in [-0.25, -0.2) is 22.3 Å². The summed E-state index contributed by atoms with van der Waals surface area (Å²) in [6.45, 7) is 3.58. The smallest absolute Gasteiger partial charge is 0.241 e. The molecule has 0 aromatic heterocycles. The Labute approximate surface area is 104 Å². The molecule has 0 saturated heterocycles. The Hall–Kier alpha value is -1.47. The first-order valence-corrected chi connectivity index (χ1v) is 6.66. The van der Waals surface area contributed by atoms with Crippen LogP contribution in [0.5, 0.6) is 5.75 Å².